The van der Waals surface area contributed by atoms with Gasteiger partial charge < -0.3 is 4.74 Å². The molecule has 2 aromatic carbocycles. The lowest BCUT2D eigenvalue weighted by Crippen LogP contribution is -2.54. The molecule has 4 saturated carbocycles. The summed E-state index contributed by atoms with van der Waals surface area (Å²) in [5.41, 5.74) is 2.14. The van der Waals surface area contributed by atoms with E-state index in [1.54, 1.807) is 24.3 Å². The van der Waals surface area contributed by atoms with Crippen LogP contribution in [0.2, 0.25) is 0 Å². The number of amides is 4. The maximum atomic E-state index is 13.4. The zero-order valence-electron chi connectivity index (χ0n) is 22.7. The Hall–Kier alpha value is -4.86. The molecular formula is C32H28N4O6. The van der Waals surface area contributed by atoms with E-state index in [9.17, 15) is 24.5 Å². The summed E-state index contributed by atoms with van der Waals surface area (Å²) in [7, 11) is 0. The van der Waals surface area contributed by atoms with Crippen molar-refractivity contribution in [2.24, 2.45) is 17.8 Å². The van der Waals surface area contributed by atoms with Crippen LogP contribution in [-0.4, -0.2) is 27.8 Å². The van der Waals surface area contributed by atoms with Crippen LogP contribution >= 0.6 is 0 Å². The van der Waals surface area contributed by atoms with Gasteiger partial charge in [-0.2, -0.15) is 0 Å². The van der Waals surface area contributed by atoms with Crippen LogP contribution in [0.5, 0.6) is 11.6 Å². The molecule has 4 bridgehead atoms. The number of imide groups is 2. The number of carbonyl (C=O) groups excluding carboxylic acids is 3. The van der Waals surface area contributed by atoms with Crippen molar-refractivity contribution in [3.05, 3.63) is 93.7 Å². The van der Waals surface area contributed by atoms with Gasteiger partial charge in [-0.25, -0.2) is 14.7 Å². The molecule has 3 aromatic rings. The van der Waals surface area contributed by atoms with Crippen LogP contribution < -0.4 is 15.0 Å². The number of hydrogen-bond acceptors (Lipinski definition) is 7. The van der Waals surface area contributed by atoms with Gasteiger partial charge in [-0.05, 0) is 103 Å². The molecule has 0 radical (unpaired) electrons. The Balaban J connectivity index is 1.08. The van der Waals surface area contributed by atoms with E-state index in [1.807, 2.05) is 12.1 Å². The highest BCUT2D eigenvalue weighted by atomic mass is 16.6. The Morgan fingerprint density at radius 2 is 1.55 bits per heavy atom. The molecular weight excluding hydrogens is 536 g/mol. The van der Waals surface area contributed by atoms with Crippen molar-refractivity contribution < 1.29 is 24.0 Å². The number of ether oxygens (including phenoxy) is 1. The Morgan fingerprint density at radius 1 is 0.905 bits per heavy atom. The third kappa shape index (κ3) is 4.62. The fourth-order valence-electron chi connectivity index (χ4n) is 7.78. The lowest BCUT2D eigenvalue weighted by molar-refractivity contribution is -0.385. The maximum absolute atomic E-state index is 13.4. The smallest absolute Gasteiger partial charge is 0.335 e. The molecule has 1 N–H and O–H groups in total. The molecule has 212 valence electrons. The number of aromatic nitrogens is 1. The van der Waals surface area contributed by atoms with Gasteiger partial charge in [-0.1, -0.05) is 24.3 Å². The predicted molar refractivity (Wildman–Crippen MR) is 153 cm³/mol. The quantitative estimate of drug-likeness (QED) is 0.170. The Kier molecular flexibility index (Phi) is 6.14. The van der Waals surface area contributed by atoms with Gasteiger partial charge in [0.1, 0.15) is 17.5 Å². The second-order valence-corrected chi connectivity index (χ2v) is 12.0. The highest BCUT2D eigenvalue weighted by Gasteiger charge is 2.51. The van der Waals surface area contributed by atoms with Crippen LogP contribution in [0.1, 0.15) is 49.7 Å². The second kappa shape index (κ2) is 9.90. The maximum Gasteiger partial charge on any atom is 0.335 e. The number of urea groups is 1. The molecule has 5 aliphatic rings. The first-order chi connectivity index (χ1) is 20.3. The summed E-state index contributed by atoms with van der Waals surface area (Å²) in [5, 5.41) is 13.1. The molecule has 1 aromatic heterocycles. The first-order valence-corrected chi connectivity index (χ1v) is 14.2. The number of rotatable bonds is 6. The molecule has 4 aliphatic carbocycles. The summed E-state index contributed by atoms with van der Waals surface area (Å²) in [6.45, 7) is 0. The number of nitrogens with zero attached hydrogens (tertiary/aromatic N) is 3. The Bertz CT molecular complexity index is 1590. The molecule has 5 fully saturated rings. The topological polar surface area (TPSA) is 132 Å². The Labute approximate surface area is 241 Å². The molecule has 10 nitrogen and oxygen atoms in total. The van der Waals surface area contributed by atoms with Gasteiger partial charge in [0.05, 0.1) is 10.6 Å². The van der Waals surface area contributed by atoms with Gasteiger partial charge in [0.15, 0.2) is 0 Å². The van der Waals surface area contributed by atoms with Crippen LogP contribution in [0.4, 0.5) is 16.2 Å². The number of nitro groups is 1. The summed E-state index contributed by atoms with van der Waals surface area (Å²) in [5.74, 6) is 1.56. The average Bonchev–Trinajstić information content (AvgIpc) is 2.96. The first kappa shape index (κ1) is 26.1. The largest absolute Gasteiger partial charge is 0.439 e. The van der Waals surface area contributed by atoms with Crippen LogP contribution in [0.25, 0.3) is 6.08 Å². The second-order valence-electron chi connectivity index (χ2n) is 12.0. The lowest BCUT2D eigenvalue weighted by atomic mass is 9.48. The number of benzene rings is 2. The molecule has 8 rings (SSSR count). The molecule has 1 aliphatic heterocycles. The van der Waals surface area contributed by atoms with Crippen LogP contribution in [0.3, 0.4) is 0 Å². The van der Waals surface area contributed by atoms with Crippen molar-refractivity contribution in [3.8, 4) is 11.6 Å². The summed E-state index contributed by atoms with van der Waals surface area (Å²) in [6.07, 6.45) is 10.3. The van der Waals surface area contributed by atoms with Gasteiger partial charge in [-0.3, -0.25) is 25.0 Å². The zero-order chi connectivity index (χ0) is 29.0. The van der Waals surface area contributed by atoms with Gasteiger partial charge >= 0.3 is 6.03 Å². The summed E-state index contributed by atoms with van der Waals surface area (Å²) >= 11 is 0. The number of barbiturate groups is 1. The van der Waals surface area contributed by atoms with Gasteiger partial charge in [0.2, 0.25) is 5.88 Å². The molecule has 0 unspecified atom stereocenters. The van der Waals surface area contributed by atoms with E-state index in [2.05, 4.69) is 22.4 Å². The molecule has 1 saturated heterocycles. The van der Waals surface area contributed by atoms with E-state index in [1.165, 1.54) is 62.3 Å². The summed E-state index contributed by atoms with van der Waals surface area (Å²) in [6, 6.07) is 16.2. The monoisotopic (exact) mass is 564 g/mol. The average molecular weight is 565 g/mol. The molecule has 2 heterocycles. The fraction of sp³-hybridized carbons (Fsp3) is 0.312. The summed E-state index contributed by atoms with van der Waals surface area (Å²) < 4.78 is 5.62. The van der Waals surface area contributed by atoms with Gasteiger partial charge in [-0.15, -0.1) is 0 Å². The van der Waals surface area contributed by atoms with Crippen molar-refractivity contribution in [2.45, 2.75) is 43.9 Å². The van der Waals surface area contributed by atoms with Crippen molar-refractivity contribution in [3.63, 3.8) is 0 Å². The lowest BCUT2D eigenvalue weighted by Gasteiger charge is -2.57. The van der Waals surface area contributed by atoms with Crippen LogP contribution in [-0.2, 0) is 15.0 Å². The van der Waals surface area contributed by atoms with Gasteiger partial charge in [0.25, 0.3) is 17.5 Å². The van der Waals surface area contributed by atoms with Crippen molar-refractivity contribution >= 4 is 35.3 Å². The molecule has 10 heteroatoms. The number of carbonyl (C=O) groups is 3. The van der Waals surface area contributed by atoms with Gasteiger partial charge in [0, 0.05) is 12.1 Å². The Morgan fingerprint density at radius 3 is 2.12 bits per heavy atom. The number of anilines is 1. The minimum atomic E-state index is -0.774. The first-order valence-electron chi connectivity index (χ1n) is 14.2. The molecule has 0 spiro atoms. The third-order valence-electron chi connectivity index (χ3n) is 9.22. The van der Waals surface area contributed by atoms with E-state index in [0.29, 0.717) is 17.0 Å². The number of nitrogens with one attached hydrogen (secondary N) is 1. The normalized spacial score (nSPS) is 27.3. The van der Waals surface area contributed by atoms with E-state index >= 15 is 0 Å². The van der Waals surface area contributed by atoms with E-state index in [4.69, 9.17) is 4.74 Å². The third-order valence-corrected chi connectivity index (χ3v) is 9.22. The van der Waals surface area contributed by atoms with E-state index < -0.39 is 22.8 Å². The highest BCUT2D eigenvalue weighted by Crippen LogP contribution is 2.60. The van der Waals surface area contributed by atoms with Crippen molar-refractivity contribution in [1.29, 1.82) is 0 Å². The minimum absolute atomic E-state index is 0.147. The van der Waals surface area contributed by atoms with E-state index in [0.717, 1.165) is 28.9 Å². The highest BCUT2D eigenvalue weighted by molar-refractivity contribution is 6.39. The minimum Gasteiger partial charge on any atom is -0.439 e. The molecule has 0 atom stereocenters. The summed E-state index contributed by atoms with van der Waals surface area (Å²) in [4.78, 5) is 54.1. The van der Waals surface area contributed by atoms with Crippen molar-refractivity contribution in [2.75, 3.05) is 4.90 Å². The molecule has 42 heavy (non-hydrogen) atoms. The molecule has 4 amide bonds. The standard InChI is InChI=1S/C32H28N4O6/c37-29-27(14-19-1-8-26(9-2-19)42-28-10-7-25(18-33-28)36(40)41)30(38)35(31(39)34-29)24-5-3-23(4-6-24)32-15-20-11-21(16-32)13-22(12-20)17-32/h1-10,14,18,20-22H,11-13,15-17H2,(H,34,37,39)/b27-14+. The van der Waals surface area contributed by atoms with Crippen molar-refractivity contribution in [1.82, 2.24) is 10.3 Å². The van der Waals surface area contributed by atoms with E-state index in [-0.39, 0.29) is 22.6 Å². The zero-order valence-corrected chi connectivity index (χ0v) is 22.7. The predicted octanol–water partition coefficient (Wildman–Crippen LogP) is 5.92. The number of hydrogen-bond donors (Lipinski definition) is 1. The SMILES string of the molecule is O=C1NC(=O)N(c2ccc(C34CC5CC(CC(C5)C3)C4)cc2)C(=O)/C1=C/c1ccc(Oc2ccc([N+](=O)[O-])cn2)cc1. The van der Waals surface area contributed by atoms with Crippen LogP contribution in [0.15, 0.2) is 72.4 Å². The van der Waals surface area contributed by atoms with Crippen LogP contribution in [0, 0.1) is 27.9 Å². The fourth-order valence-corrected chi connectivity index (χ4v) is 7.78. The number of pyridine rings is 1.